The largest absolute Gasteiger partial charge is 0.460 e. The molecule has 0 radical (unpaired) electrons. The van der Waals surface area contributed by atoms with Crippen LogP contribution in [0.15, 0.2) is 5.11 Å². The molecule has 94 valence electrons. The normalized spacial score (nSPS) is 11.1. The van der Waals surface area contributed by atoms with Crippen LogP contribution in [0.3, 0.4) is 0 Å². The molecule has 0 saturated heterocycles. The molecule has 0 amide bonds. The predicted molar refractivity (Wildman–Crippen MR) is 63.1 cm³/mol. The summed E-state index contributed by atoms with van der Waals surface area (Å²) in [5.74, 6) is 1.95. The van der Waals surface area contributed by atoms with Gasteiger partial charge in [0.2, 0.25) is 0 Å². The molecule has 0 spiro atoms. The zero-order valence-corrected chi connectivity index (χ0v) is 9.96. The Labute approximate surface area is 101 Å². The van der Waals surface area contributed by atoms with E-state index in [9.17, 15) is 4.79 Å². The third-order valence-electron chi connectivity index (χ3n) is 1.77. The summed E-state index contributed by atoms with van der Waals surface area (Å²) < 4.78 is 10.3. The molecule has 0 fully saturated rings. The Balaban J connectivity index is 4.03. The number of esters is 1. The van der Waals surface area contributed by atoms with Crippen LogP contribution in [0, 0.1) is 12.3 Å². The Morgan fingerprint density at radius 3 is 3.00 bits per heavy atom. The Hall–Kier alpha value is -1.70. The molecule has 0 saturated carbocycles. The number of carbonyl (C=O) groups is 1. The first-order valence-corrected chi connectivity index (χ1v) is 5.46. The van der Waals surface area contributed by atoms with Crippen molar-refractivity contribution >= 4 is 5.97 Å². The van der Waals surface area contributed by atoms with E-state index >= 15 is 0 Å². The number of hydrogen-bond donors (Lipinski definition) is 0. The van der Waals surface area contributed by atoms with Crippen LogP contribution < -0.4 is 0 Å². The van der Waals surface area contributed by atoms with E-state index < -0.39 is 12.1 Å². The molecule has 0 N–H and O–H groups in total. The monoisotopic (exact) mass is 239 g/mol. The van der Waals surface area contributed by atoms with Gasteiger partial charge in [-0.1, -0.05) is 12.0 Å². The van der Waals surface area contributed by atoms with Crippen molar-refractivity contribution in [2.45, 2.75) is 32.3 Å². The third-order valence-corrected chi connectivity index (χ3v) is 1.77. The van der Waals surface area contributed by atoms with Gasteiger partial charge in [-0.3, -0.25) is 4.79 Å². The van der Waals surface area contributed by atoms with E-state index in [0.29, 0.717) is 13.0 Å². The maximum atomic E-state index is 11.3. The number of terminal acetylenes is 1. The molecule has 0 aliphatic carbocycles. The molecule has 1 unspecified atom stereocenters. The van der Waals surface area contributed by atoms with Gasteiger partial charge in [-0.05, 0) is 12.0 Å². The second-order valence-corrected chi connectivity index (χ2v) is 3.30. The average Bonchev–Trinajstić information content (AvgIpc) is 2.33. The van der Waals surface area contributed by atoms with Crippen LogP contribution in [0.2, 0.25) is 0 Å². The fourth-order valence-electron chi connectivity index (χ4n) is 1.03. The molecular formula is C11H17N3O3. The smallest absolute Gasteiger partial charge is 0.307 e. The van der Waals surface area contributed by atoms with Crippen molar-refractivity contribution in [3.05, 3.63) is 10.4 Å². The molecule has 1 atom stereocenters. The van der Waals surface area contributed by atoms with Gasteiger partial charge in [-0.25, -0.2) is 0 Å². The Morgan fingerprint density at radius 1 is 1.65 bits per heavy atom. The maximum Gasteiger partial charge on any atom is 0.307 e. The molecule has 6 nitrogen and oxygen atoms in total. The molecule has 0 aromatic heterocycles. The zero-order valence-electron chi connectivity index (χ0n) is 9.96. The summed E-state index contributed by atoms with van der Waals surface area (Å²) in [6.07, 6.45) is 5.87. The average molecular weight is 239 g/mol. The Bertz CT molecular complexity index is 306. The van der Waals surface area contributed by atoms with Crippen LogP contribution in [0.1, 0.15) is 26.2 Å². The van der Waals surface area contributed by atoms with E-state index in [1.165, 1.54) is 0 Å². The van der Waals surface area contributed by atoms with Gasteiger partial charge >= 0.3 is 5.97 Å². The number of nitrogens with zero attached hydrogens (tertiary/aromatic N) is 3. The summed E-state index contributed by atoms with van der Waals surface area (Å²) in [7, 11) is 0. The molecular weight excluding hydrogens is 222 g/mol. The van der Waals surface area contributed by atoms with Crippen LogP contribution in [0.25, 0.3) is 10.4 Å². The van der Waals surface area contributed by atoms with Crippen LogP contribution in [0.5, 0.6) is 0 Å². The number of carbonyl (C=O) groups excluding carboxylic acids is 1. The number of ether oxygens (including phenoxy) is 2. The quantitative estimate of drug-likeness (QED) is 0.154. The van der Waals surface area contributed by atoms with E-state index in [2.05, 4.69) is 15.9 Å². The van der Waals surface area contributed by atoms with Gasteiger partial charge in [-0.2, -0.15) is 0 Å². The van der Waals surface area contributed by atoms with Crippen molar-refractivity contribution < 1.29 is 14.3 Å². The fraction of sp³-hybridized carbons (Fsp3) is 0.727. The van der Waals surface area contributed by atoms with E-state index in [0.717, 1.165) is 6.42 Å². The number of hydrogen-bond acceptors (Lipinski definition) is 4. The maximum absolute atomic E-state index is 11.3. The van der Waals surface area contributed by atoms with Crippen molar-refractivity contribution in [1.29, 1.82) is 0 Å². The van der Waals surface area contributed by atoms with Crippen molar-refractivity contribution in [2.75, 3.05) is 19.8 Å². The topological polar surface area (TPSA) is 84.3 Å². The minimum absolute atomic E-state index is 0.0714. The van der Waals surface area contributed by atoms with Gasteiger partial charge in [0.05, 0.1) is 19.6 Å². The molecule has 0 bridgehead atoms. The summed E-state index contributed by atoms with van der Waals surface area (Å²) in [5.41, 5.74) is 8.21. The highest BCUT2D eigenvalue weighted by molar-refractivity contribution is 5.69. The zero-order chi connectivity index (χ0) is 12.9. The number of rotatable bonds is 9. The fourth-order valence-corrected chi connectivity index (χ4v) is 1.03. The lowest BCUT2D eigenvalue weighted by Gasteiger charge is -2.15. The van der Waals surface area contributed by atoms with E-state index in [4.69, 9.17) is 21.4 Å². The lowest BCUT2D eigenvalue weighted by molar-refractivity contribution is -0.151. The first-order valence-electron chi connectivity index (χ1n) is 5.46. The molecule has 0 aliphatic heterocycles. The third kappa shape index (κ3) is 9.24. The van der Waals surface area contributed by atoms with Crippen molar-refractivity contribution in [3.8, 4) is 12.3 Å². The van der Waals surface area contributed by atoms with E-state index in [1.54, 1.807) is 0 Å². The van der Waals surface area contributed by atoms with Crippen LogP contribution in [0.4, 0.5) is 0 Å². The summed E-state index contributed by atoms with van der Waals surface area (Å²) in [5, 5.41) is 3.37. The predicted octanol–water partition coefficient (Wildman–Crippen LogP) is 2.05. The van der Waals surface area contributed by atoms with Gasteiger partial charge in [0.1, 0.15) is 6.10 Å². The van der Waals surface area contributed by atoms with Crippen molar-refractivity contribution in [3.63, 3.8) is 0 Å². The van der Waals surface area contributed by atoms with Crippen molar-refractivity contribution in [2.24, 2.45) is 5.11 Å². The molecule has 0 aromatic carbocycles. The van der Waals surface area contributed by atoms with Gasteiger partial charge in [-0.15, -0.1) is 12.3 Å². The summed E-state index contributed by atoms with van der Waals surface area (Å²) in [4.78, 5) is 13.9. The Morgan fingerprint density at radius 2 is 2.41 bits per heavy atom. The van der Waals surface area contributed by atoms with E-state index in [1.807, 2.05) is 6.92 Å². The molecule has 0 aromatic rings. The second-order valence-electron chi connectivity index (χ2n) is 3.30. The Kier molecular flexibility index (Phi) is 9.73. The highest BCUT2D eigenvalue weighted by atomic mass is 16.6. The molecule has 0 rings (SSSR count). The molecule has 6 heteroatoms. The first-order chi connectivity index (χ1) is 8.24. The lowest BCUT2D eigenvalue weighted by atomic mass is 10.3. The highest BCUT2D eigenvalue weighted by Crippen LogP contribution is 2.00. The van der Waals surface area contributed by atoms with Gasteiger partial charge in [0.25, 0.3) is 0 Å². The SMILES string of the molecule is C#CCCC(=O)OC(CN=[N+]=[N-])COCCC. The molecule has 0 aliphatic rings. The lowest BCUT2D eigenvalue weighted by Crippen LogP contribution is -2.26. The molecule has 0 heterocycles. The van der Waals surface area contributed by atoms with E-state index in [-0.39, 0.29) is 19.6 Å². The van der Waals surface area contributed by atoms with Gasteiger partial charge < -0.3 is 9.47 Å². The van der Waals surface area contributed by atoms with Crippen molar-refractivity contribution in [1.82, 2.24) is 0 Å². The van der Waals surface area contributed by atoms with Gasteiger partial charge in [0.15, 0.2) is 0 Å². The highest BCUT2D eigenvalue weighted by Gasteiger charge is 2.13. The summed E-state index contributed by atoms with van der Waals surface area (Å²) in [6.45, 7) is 2.85. The van der Waals surface area contributed by atoms with Gasteiger partial charge in [0, 0.05) is 17.9 Å². The minimum atomic E-state index is -0.539. The first kappa shape index (κ1) is 15.3. The standard InChI is InChI=1S/C11H17N3O3/c1-3-5-6-11(15)17-10(8-13-14-12)9-16-7-4-2/h1,10H,4-9H2,2H3. The van der Waals surface area contributed by atoms with Crippen LogP contribution >= 0.6 is 0 Å². The summed E-state index contributed by atoms with van der Waals surface area (Å²) in [6, 6.07) is 0. The van der Waals surface area contributed by atoms with Crippen LogP contribution in [-0.4, -0.2) is 31.8 Å². The number of azide groups is 1. The van der Waals surface area contributed by atoms with Crippen LogP contribution in [-0.2, 0) is 14.3 Å². The molecule has 17 heavy (non-hydrogen) atoms. The summed E-state index contributed by atoms with van der Waals surface area (Å²) >= 11 is 0. The minimum Gasteiger partial charge on any atom is -0.460 e. The second kappa shape index (κ2) is 10.8.